The summed E-state index contributed by atoms with van der Waals surface area (Å²) < 4.78 is 33.3. The third-order valence-electron chi connectivity index (χ3n) is 8.18. The number of carboxylic acid groups (broad SMARTS) is 1. The van der Waals surface area contributed by atoms with Crippen molar-refractivity contribution in [3.63, 3.8) is 0 Å². The molecule has 0 spiro atoms. The van der Waals surface area contributed by atoms with E-state index in [-0.39, 0.29) is 30.1 Å². The van der Waals surface area contributed by atoms with Crippen LogP contribution >= 0.6 is 0 Å². The highest BCUT2D eigenvalue weighted by molar-refractivity contribution is 5.88. The average molecular weight is 572 g/mol. The fourth-order valence-corrected chi connectivity index (χ4v) is 5.73. The van der Waals surface area contributed by atoms with Crippen molar-refractivity contribution in [2.75, 3.05) is 19.7 Å². The number of rotatable bonds is 9. The van der Waals surface area contributed by atoms with Crippen LogP contribution in [0.2, 0.25) is 0 Å². The fraction of sp³-hybridized carbons (Fsp3) is 0.355. The van der Waals surface area contributed by atoms with Crippen molar-refractivity contribution in [1.82, 2.24) is 24.4 Å². The Bertz CT molecular complexity index is 1760. The Hall–Kier alpha value is -4.35. The molecule has 2 fully saturated rings. The Labute approximate surface area is 240 Å². The number of aromatic nitrogens is 4. The Balaban J connectivity index is 1.01. The Morgan fingerprint density at radius 1 is 1.07 bits per heavy atom. The highest BCUT2D eigenvalue weighted by atomic mass is 19.1. The number of ether oxygens (including phenoxy) is 2. The minimum atomic E-state index is -1.06. The normalized spacial score (nSPS) is 18.0. The van der Waals surface area contributed by atoms with E-state index in [0.29, 0.717) is 41.3 Å². The van der Waals surface area contributed by atoms with E-state index in [9.17, 15) is 14.3 Å². The van der Waals surface area contributed by atoms with Crippen LogP contribution in [-0.2, 0) is 24.4 Å². The van der Waals surface area contributed by atoms with Gasteiger partial charge in [-0.1, -0.05) is 6.07 Å². The van der Waals surface area contributed by atoms with Gasteiger partial charge in [-0.15, -0.1) is 0 Å². The molecule has 0 aliphatic carbocycles. The van der Waals surface area contributed by atoms with Crippen LogP contribution in [0.25, 0.3) is 22.1 Å². The molecule has 5 aromatic rings. The van der Waals surface area contributed by atoms with E-state index in [1.165, 1.54) is 12.1 Å². The minimum absolute atomic E-state index is 0.00779. The monoisotopic (exact) mass is 571 g/mol. The molecule has 11 heteroatoms. The predicted octanol–water partition coefficient (Wildman–Crippen LogP) is 5.16. The number of piperidine rings is 1. The number of imidazole rings is 1. The Kier molecular flexibility index (Phi) is 7.04. The first-order valence-corrected chi connectivity index (χ1v) is 14.2. The summed E-state index contributed by atoms with van der Waals surface area (Å²) in [6.07, 6.45) is 4.45. The number of pyridine rings is 2. The van der Waals surface area contributed by atoms with E-state index in [2.05, 4.69) is 9.88 Å². The topological polar surface area (TPSA) is 116 Å². The van der Waals surface area contributed by atoms with Crippen molar-refractivity contribution in [2.24, 2.45) is 0 Å². The van der Waals surface area contributed by atoms with E-state index < -0.39 is 5.97 Å². The molecule has 42 heavy (non-hydrogen) atoms. The van der Waals surface area contributed by atoms with Gasteiger partial charge in [0.2, 0.25) is 5.88 Å². The first-order chi connectivity index (χ1) is 20.5. The number of carboxylic acids is 1. The molecule has 6 heterocycles. The van der Waals surface area contributed by atoms with Crippen LogP contribution in [-0.4, -0.2) is 61.3 Å². The number of benzene rings is 1. The molecule has 0 saturated carbocycles. The number of furan rings is 1. The lowest BCUT2D eigenvalue weighted by molar-refractivity contribution is -0.0593. The van der Waals surface area contributed by atoms with Gasteiger partial charge in [0.05, 0.1) is 25.5 Å². The average Bonchev–Trinajstić information content (AvgIpc) is 3.57. The second kappa shape index (κ2) is 11.1. The van der Waals surface area contributed by atoms with Gasteiger partial charge >= 0.3 is 5.97 Å². The lowest BCUT2D eigenvalue weighted by Crippen LogP contribution is -2.35. The predicted molar refractivity (Wildman–Crippen MR) is 151 cm³/mol. The summed E-state index contributed by atoms with van der Waals surface area (Å²) in [7, 11) is 0. The molecule has 1 aromatic carbocycles. The van der Waals surface area contributed by atoms with E-state index in [0.717, 1.165) is 55.9 Å². The molecule has 0 unspecified atom stereocenters. The molecule has 7 rings (SSSR count). The number of fused-ring (bicyclic) bond motifs is 2. The maximum absolute atomic E-state index is 14.5. The van der Waals surface area contributed by atoms with Gasteiger partial charge in [0.1, 0.15) is 29.3 Å². The zero-order valence-electron chi connectivity index (χ0n) is 22.9. The minimum Gasteiger partial charge on any atom is -0.477 e. The van der Waals surface area contributed by atoms with Gasteiger partial charge in [0.15, 0.2) is 11.3 Å². The van der Waals surface area contributed by atoms with Crippen LogP contribution in [0, 0.1) is 5.82 Å². The van der Waals surface area contributed by atoms with Crippen molar-refractivity contribution in [2.45, 2.75) is 51.0 Å². The van der Waals surface area contributed by atoms with Gasteiger partial charge in [0.25, 0.3) is 0 Å². The maximum atomic E-state index is 14.5. The molecular formula is C31H30FN5O5. The highest BCUT2D eigenvalue weighted by Gasteiger charge is 2.26. The van der Waals surface area contributed by atoms with Crippen molar-refractivity contribution in [1.29, 1.82) is 0 Å². The molecule has 2 aliphatic heterocycles. The summed E-state index contributed by atoms with van der Waals surface area (Å²) in [6.45, 7) is 3.80. The number of aromatic carboxylic acids is 1. The van der Waals surface area contributed by atoms with E-state index in [4.69, 9.17) is 23.9 Å². The largest absolute Gasteiger partial charge is 0.477 e. The summed E-state index contributed by atoms with van der Waals surface area (Å²) in [5.74, 6) is 0.197. The fourth-order valence-electron chi connectivity index (χ4n) is 5.73. The molecule has 10 nitrogen and oxygen atoms in total. The second-order valence-corrected chi connectivity index (χ2v) is 10.9. The zero-order valence-corrected chi connectivity index (χ0v) is 22.9. The van der Waals surface area contributed by atoms with Crippen LogP contribution in [0.4, 0.5) is 4.39 Å². The molecule has 4 aromatic heterocycles. The van der Waals surface area contributed by atoms with Crippen LogP contribution in [0.1, 0.15) is 52.8 Å². The van der Waals surface area contributed by atoms with Gasteiger partial charge in [-0.3, -0.25) is 4.90 Å². The van der Waals surface area contributed by atoms with Crippen molar-refractivity contribution in [3.05, 3.63) is 83.4 Å². The number of hydrogen-bond donors (Lipinski definition) is 1. The molecular weight excluding hydrogens is 541 g/mol. The summed E-state index contributed by atoms with van der Waals surface area (Å²) in [5.41, 5.74) is 3.21. The lowest BCUT2D eigenvalue weighted by atomic mass is 9.93. The van der Waals surface area contributed by atoms with Gasteiger partial charge in [-0.05, 0) is 62.7 Å². The second-order valence-electron chi connectivity index (χ2n) is 10.9. The third kappa shape index (κ3) is 5.33. The van der Waals surface area contributed by atoms with E-state index in [1.807, 2.05) is 16.7 Å². The van der Waals surface area contributed by atoms with Gasteiger partial charge in [-0.25, -0.2) is 24.1 Å². The number of hydrogen-bond acceptors (Lipinski definition) is 8. The maximum Gasteiger partial charge on any atom is 0.354 e. The van der Waals surface area contributed by atoms with Crippen LogP contribution in [0.5, 0.6) is 5.88 Å². The quantitative estimate of drug-likeness (QED) is 0.256. The molecule has 0 radical (unpaired) electrons. The Morgan fingerprint density at radius 3 is 2.71 bits per heavy atom. The van der Waals surface area contributed by atoms with Crippen LogP contribution < -0.4 is 4.74 Å². The van der Waals surface area contributed by atoms with Crippen molar-refractivity contribution in [3.8, 4) is 5.88 Å². The molecule has 1 N–H and O–H groups in total. The summed E-state index contributed by atoms with van der Waals surface area (Å²) in [6, 6.07) is 13.9. The van der Waals surface area contributed by atoms with E-state index >= 15 is 0 Å². The molecule has 0 bridgehead atoms. The van der Waals surface area contributed by atoms with Crippen LogP contribution in [0.3, 0.4) is 0 Å². The summed E-state index contributed by atoms with van der Waals surface area (Å²) in [4.78, 5) is 27.9. The molecule has 2 aliphatic rings. The molecule has 2 saturated heterocycles. The number of likely N-dealkylation sites (tertiary alicyclic amines) is 1. The van der Waals surface area contributed by atoms with Gasteiger partial charge in [-0.2, -0.15) is 0 Å². The highest BCUT2D eigenvalue weighted by Crippen LogP contribution is 2.30. The summed E-state index contributed by atoms with van der Waals surface area (Å²) >= 11 is 0. The van der Waals surface area contributed by atoms with Crippen molar-refractivity contribution >= 4 is 28.1 Å². The van der Waals surface area contributed by atoms with Crippen LogP contribution in [0.15, 0.2) is 59.2 Å². The number of halogens is 1. The van der Waals surface area contributed by atoms with Crippen molar-refractivity contribution < 1.29 is 28.2 Å². The van der Waals surface area contributed by atoms with E-state index in [1.54, 1.807) is 30.5 Å². The van der Waals surface area contributed by atoms with Gasteiger partial charge in [0, 0.05) is 41.3 Å². The molecule has 216 valence electrons. The zero-order chi connectivity index (χ0) is 28.6. The number of nitrogens with zero attached hydrogens (tertiary/aromatic N) is 5. The number of carbonyl (C=O) groups is 1. The van der Waals surface area contributed by atoms with Gasteiger partial charge < -0.3 is 23.6 Å². The third-order valence-corrected chi connectivity index (χ3v) is 8.18. The lowest BCUT2D eigenvalue weighted by Gasteiger charge is -2.32. The summed E-state index contributed by atoms with van der Waals surface area (Å²) in [5, 5.41) is 10.3. The molecule has 0 amide bonds. The standard InChI is InChI=1S/C31H30FN5O5/c32-23-15-27-20(8-12-41-27)14-21(23)18-42-29-3-1-2-24(34-29)19-6-10-36(11-7-19)17-28-33-25-4-5-26(31(38)39)35-30(25)37(28)16-22-9-13-40-22/h1-5,8,12,14-15,19,22H,6-7,9-11,13,16-18H2,(H,38,39)/t22-/m0/s1. The smallest absolute Gasteiger partial charge is 0.354 e. The first-order valence-electron chi connectivity index (χ1n) is 14.2. The SMILES string of the molecule is O=C(O)c1ccc2nc(CN3CCC(c4cccc(OCc5cc6ccoc6cc5F)n4)CC3)n(C[C@@H]3CCO3)c2n1. The first kappa shape index (κ1) is 26.5. The molecule has 1 atom stereocenters. The Morgan fingerprint density at radius 2 is 1.93 bits per heavy atom.